The van der Waals surface area contributed by atoms with Crippen LogP contribution in [0.1, 0.15) is 51.4 Å². The van der Waals surface area contributed by atoms with Crippen molar-refractivity contribution in [2.24, 2.45) is 0 Å². The normalized spacial score (nSPS) is 19.2. The van der Waals surface area contributed by atoms with E-state index in [1.165, 1.54) is 0 Å². The zero-order valence-corrected chi connectivity index (χ0v) is 28.8. The maximum absolute atomic E-state index is 12.6. The minimum Gasteiger partial charge on any atom is -0.392 e. The van der Waals surface area contributed by atoms with E-state index in [0.717, 1.165) is 71.8 Å². The number of amides is 1. The topological polar surface area (TPSA) is 117 Å². The van der Waals surface area contributed by atoms with Crippen molar-refractivity contribution in [3.8, 4) is 11.1 Å². The van der Waals surface area contributed by atoms with Gasteiger partial charge in [0, 0.05) is 74.6 Å². The Labute approximate surface area is 303 Å². The lowest BCUT2D eigenvalue weighted by Gasteiger charge is -2.41. The van der Waals surface area contributed by atoms with Crippen LogP contribution >= 0.6 is 0 Å². The first kappa shape index (κ1) is 35.0. The summed E-state index contributed by atoms with van der Waals surface area (Å²) in [7, 11) is 0. The van der Waals surface area contributed by atoms with E-state index in [0.29, 0.717) is 18.5 Å². The molecule has 0 unspecified atom stereocenters. The summed E-state index contributed by atoms with van der Waals surface area (Å²) < 4.78 is 13.4. The molecule has 266 valence electrons. The van der Waals surface area contributed by atoms with Crippen molar-refractivity contribution < 1.29 is 24.3 Å². The molecule has 5 aromatic rings. The highest BCUT2D eigenvalue weighted by molar-refractivity contribution is 5.94. The van der Waals surface area contributed by atoms with Gasteiger partial charge in [-0.1, -0.05) is 78.9 Å². The standard InChI is InChI=1S/C42H42N4O6/c47-29-30-12-14-32(15-13-30)40-26-39(28-44-20-22-45(23-21-44)37-16-18-38(19-17-37)46(49)50)51-42(52-40)36-11-5-10-35(25-36)34-9-4-6-31(24-34)27-43-41(48)33-7-2-1-3-8-33/h1-19,24-25,39-40,42,47H,20-23,26-29H2,(H,43,48)/t39-,40+,42+/m0/s1. The van der Waals surface area contributed by atoms with E-state index >= 15 is 0 Å². The van der Waals surface area contributed by atoms with Crippen LogP contribution < -0.4 is 10.2 Å². The average Bonchev–Trinajstić information content (AvgIpc) is 3.20. The molecule has 0 radical (unpaired) electrons. The molecule has 3 atom stereocenters. The van der Waals surface area contributed by atoms with Crippen molar-refractivity contribution in [3.05, 3.63) is 165 Å². The number of ether oxygens (including phenoxy) is 2. The molecule has 0 aromatic heterocycles. The first-order valence-electron chi connectivity index (χ1n) is 17.7. The van der Waals surface area contributed by atoms with Gasteiger partial charge in [0.25, 0.3) is 11.6 Å². The molecule has 2 aliphatic rings. The van der Waals surface area contributed by atoms with Gasteiger partial charge < -0.3 is 24.8 Å². The largest absolute Gasteiger partial charge is 0.392 e. The van der Waals surface area contributed by atoms with Gasteiger partial charge >= 0.3 is 0 Å². The molecule has 0 saturated carbocycles. The lowest BCUT2D eigenvalue weighted by molar-refractivity contribution is -0.384. The number of hydrogen-bond acceptors (Lipinski definition) is 8. The molecule has 1 amide bonds. The van der Waals surface area contributed by atoms with Crippen LogP contribution in [0.5, 0.6) is 0 Å². The molecule has 2 fully saturated rings. The van der Waals surface area contributed by atoms with Crippen LogP contribution in [0.25, 0.3) is 11.1 Å². The van der Waals surface area contributed by atoms with Crippen LogP contribution in [0.15, 0.2) is 127 Å². The van der Waals surface area contributed by atoms with Crippen LogP contribution in [-0.4, -0.2) is 59.7 Å². The van der Waals surface area contributed by atoms with Crippen molar-refractivity contribution in [3.63, 3.8) is 0 Å². The van der Waals surface area contributed by atoms with Gasteiger partial charge in [-0.25, -0.2) is 0 Å². The fourth-order valence-corrected chi connectivity index (χ4v) is 6.89. The van der Waals surface area contributed by atoms with E-state index in [9.17, 15) is 20.0 Å². The van der Waals surface area contributed by atoms with E-state index in [2.05, 4.69) is 39.4 Å². The van der Waals surface area contributed by atoms with Gasteiger partial charge in [0.05, 0.1) is 23.7 Å². The number of piperazine rings is 1. The quantitative estimate of drug-likeness (QED) is 0.111. The van der Waals surface area contributed by atoms with E-state index in [-0.39, 0.29) is 35.3 Å². The number of rotatable bonds is 11. The van der Waals surface area contributed by atoms with Crippen molar-refractivity contribution in [2.75, 3.05) is 37.6 Å². The van der Waals surface area contributed by atoms with Crippen molar-refractivity contribution in [1.29, 1.82) is 0 Å². The van der Waals surface area contributed by atoms with E-state index in [1.54, 1.807) is 24.3 Å². The van der Waals surface area contributed by atoms with Crippen molar-refractivity contribution in [2.45, 2.75) is 38.1 Å². The molecule has 52 heavy (non-hydrogen) atoms. The Morgan fingerprint density at radius 3 is 2.19 bits per heavy atom. The van der Waals surface area contributed by atoms with Gasteiger partial charge in [0.15, 0.2) is 6.29 Å². The predicted molar refractivity (Wildman–Crippen MR) is 200 cm³/mol. The fourth-order valence-electron chi connectivity index (χ4n) is 6.89. The molecule has 10 nitrogen and oxygen atoms in total. The number of carbonyl (C=O) groups is 1. The molecule has 0 spiro atoms. The third-order valence-corrected chi connectivity index (χ3v) is 9.78. The van der Waals surface area contributed by atoms with Crippen LogP contribution in [0, 0.1) is 10.1 Å². The highest BCUT2D eigenvalue weighted by Gasteiger charge is 2.34. The third-order valence-electron chi connectivity index (χ3n) is 9.78. The minimum absolute atomic E-state index is 0.0145. The van der Waals surface area contributed by atoms with Crippen LogP contribution in [0.2, 0.25) is 0 Å². The van der Waals surface area contributed by atoms with Crippen LogP contribution in [0.3, 0.4) is 0 Å². The Hall–Kier alpha value is -5.39. The Morgan fingerprint density at radius 1 is 0.769 bits per heavy atom. The number of hydrogen-bond donors (Lipinski definition) is 2. The molecular formula is C42H42N4O6. The van der Waals surface area contributed by atoms with E-state index in [1.807, 2.05) is 78.9 Å². The highest BCUT2D eigenvalue weighted by Crippen LogP contribution is 2.39. The Bertz CT molecular complexity index is 1960. The number of non-ortho nitro benzene ring substituents is 1. The van der Waals surface area contributed by atoms with E-state index < -0.39 is 6.29 Å². The third kappa shape index (κ3) is 8.55. The number of aliphatic hydroxyl groups is 1. The van der Waals surface area contributed by atoms with Gasteiger partial charge in [0.1, 0.15) is 0 Å². The molecule has 0 aliphatic carbocycles. The second kappa shape index (κ2) is 16.3. The van der Waals surface area contributed by atoms with Crippen molar-refractivity contribution in [1.82, 2.24) is 10.2 Å². The van der Waals surface area contributed by atoms with Gasteiger partial charge in [0.2, 0.25) is 0 Å². The summed E-state index contributed by atoms with van der Waals surface area (Å²) in [5.41, 5.74) is 7.58. The van der Waals surface area contributed by atoms with Gasteiger partial charge in [-0.2, -0.15) is 0 Å². The molecule has 10 heteroatoms. The second-order valence-corrected chi connectivity index (χ2v) is 13.3. The Morgan fingerprint density at radius 2 is 1.48 bits per heavy atom. The first-order valence-corrected chi connectivity index (χ1v) is 17.7. The zero-order valence-electron chi connectivity index (χ0n) is 28.8. The number of anilines is 1. The molecular weight excluding hydrogens is 656 g/mol. The Kier molecular flexibility index (Phi) is 11.0. The maximum Gasteiger partial charge on any atom is 0.269 e. The Balaban J connectivity index is 1.05. The number of nitro benzene ring substituents is 1. The minimum atomic E-state index is -0.587. The fraction of sp³-hybridized carbons (Fsp3) is 0.262. The predicted octanol–water partition coefficient (Wildman–Crippen LogP) is 7.05. The summed E-state index contributed by atoms with van der Waals surface area (Å²) >= 11 is 0. The number of nitrogens with zero attached hydrogens (tertiary/aromatic N) is 3. The second-order valence-electron chi connectivity index (χ2n) is 13.3. The summed E-state index contributed by atoms with van der Waals surface area (Å²) in [6.45, 7) is 4.46. The maximum atomic E-state index is 12.6. The number of benzene rings is 5. The first-order chi connectivity index (χ1) is 25.4. The molecule has 2 aliphatic heterocycles. The lowest BCUT2D eigenvalue weighted by Crippen LogP contribution is -2.49. The SMILES string of the molecule is O=C(NCc1cccc(-c2cccc([C@@H]3O[C@H](CN4CCN(c5ccc([N+](=O)[O-])cc5)CC4)C[C@H](c4ccc(CO)cc4)O3)c2)c1)c1ccccc1. The number of carbonyl (C=O) groups excluding carboxylic acids is 1. The van der Waals surface area contributed by atoms with E-state index in [4.69, 9.17) is 9.47 Å². The van der Waals surface area contributed by atoms with Crippen LogP contribution in [0.4, 0.5) is 11.4 Å². The number of nitro groups is 1. The zero-order chi connectivity index (χ0) is 35.9. The highest BCUT2D eigenvalue weighted by atomic mass is 16.7. The molecule has 2 saturated heterocycles. The summed E-state index contributed by atoms with van der Waals surface area (Å²) in [5, 5.41) is 23.7. The monoisotopic (exact) mass is 698 g/mol. The summed E-state index contributed by atoms with van der Waals surface area (Å²) in [5.74, 6) is -0.110. The molecule has 0 bridgehead atoms. The smallest absolute Gasteiger partial charge is 0.269 e. The molecule has 5 aromatic carbocycles. The lowest BCUT2D eigenvalue weighted by atomic mass is 9.98. The van der Waals surface area contributed by atoms with Crippen molar-refractivity contribution >= 4 is 17.3 Å². The molecule has 7 rings (SSSR count). The molecule has 2 N–H and O–H groups in total. The van der Waals surface area contributed by atoms with Gasteiger partial charge in [-0.3, -0.25) is 19.8 Å². The molecule has 2 heterocycles. The number of aliphatic hydroxyl groups excluding tert-OH is 1. The number of nitrogens with one attached hydrogen (secondary N) is 1. The summed E-state index contributed by atoms with van der Waals surface area (Å²) in [6, 6.07) is 40.3. The van der Waals surface area contributed by atoms with Gasteiger partial charge in [-0.05, 0) is 64.2 Å². The summed E-state index contributed by atoms with van der Waals surface area (Å²) in [4.78, 5) is 28.0. The van der Waals surface area contributed by atoms with Gasteiger partial charge in [-0.15, -0.1) is 0 Å². The van der Waals surface area contributed by atoms with Crippen LogP contribution in [-0.2, 0) is 22.6 Å². The summed E-state index contributed by atoms with van der Waals surface area (Å²) in [6.07, 6.45) is -0.185. The average molecular weight is 699 g/mol.